The zero-order valence-corrected chi connectivity index (χ0v) is 20.5. The van der Waals surface area contributed by atoms with Gasteiger partial charge in [-0.25, -0.2) is 8.42 Å². The Kier molecular flexibility index (Phi) is 6.89. The second-order valence-electron chi connectivity index (χ2n) is 7.99. The van der Waals surface area contributed by atoms with Gasteiger partial charge < -0.3 is 10.1 Å². The third kappa shape index (κ3) is 4.90. The fraction of sp³-hybridized carbons (Fsp3) is 0.107. The Morgan fingerprint density at radius 3 is 2.26 bits per heavy atom. The molecule has 0 unspecified atom stereocenters. The van der Waals surface area contributed by atoms with Gasteiger partial charge in [-0.3, -0.25) is 9.10 Å². The summed E-state index contributed by atoms with van der Waals surface area (Å²) in [6.45, 7) is 1.78. The molecule has 0 atom stereocenters. The summed E-state index contributed by atoms with van der Waals surface area (Å²) in [6.07, 6.45) is 0. The van der Waals surface area contributed by atoms with Crippen molar-refractivity contribution in [3.8, 4) is 16.9 Å². The summed E-state index contributed by atoms with van der Waals surface area (Å²) in [5, 5.41) is 2.96. The van der Waals surface area contributed by atoms with Crippen LogP contribution in [0.3, 0.4) is 0 Å². The summed E-state index contributed by atoms with van der Waals surface area (Å²) >= 11 is 0. The van der Waals surface area contributed by atoms with Gasteiger partial charge in [-0.2, -0.15) is 0 Å². The van der Waals surface area contributed by atoms with Gasteiger partial charge in [-0.15, -0.1) is 0 Å². The molecule has 7 heteroatoms. The molecule has 0 fully saturated rings. The van der Waals surface area contributed by atoms with Crippen LogP contribution in [0.4, 0.5) is 11.4 Å². The molecular formula is C28H26N2O4S. The van der Waals surface area contributed by atoms with Crippen LogP contribution < -0.4 is 14.4 Å². The molecular weight excluding hydrogens is 460 g/mol. The number of sulfonamides is 1. The summed E-state index contributed by atoms with van der Waals surface area (Å²) < 4.78 is 33.3. The standard InChI is InChI=1S/C28H26N2O4S/c1-20-17-18-22(35(32,33)30(2)26-15-9-10-16-27(26)34-3)19-24(20)28(31)29-25-14-8-7-13-23(25)21-11-5-4-6-12-21/h4-19H,1-3H3,(H,29,31). The maximum absolute atomic E-state index is 13.4. The normalized spacial score (nSPS) is 11.1. The first kappa shape index (κ1) is 24.0. The van der Waals surface area contributed by atoms with E-state index in [-0.39, 0.29) is 16.4 Å². The van der Waals surface area contributed by atoms with E-state index in [2.05, 4.69) is 5.32 Å². The lowest BCUT2D eigenvalue weighted by molar-refractivity contribution is 0.102. The van der Waals surface area contributed by atoms with Gasteiger partial charge in [0.2, 0.25) is 0 Å². The molecule has 0 aliphatic rings. The average Bonchev–Trinajstić information content (AvgIpc) is 2.89. The van der Waals surface area contributed by atoms with Crippen LogP contribution in [-0.4, -0.2) is 28.5 Å². The number of rotatable bonds is 7. The summed E-state index contributed by atoms with van der Waals surface area (Å²) in [6, 6.07) is 28.7. The van der Waals surface area contributed by atoms with Gasteiger partial charge in [0.15, 0.2) is 0 Å². The highest BCUT2D eigenvalue weighted by Crippen LogP contribution is 2.32. The number of nitrogens with zero attached hydrogens (tertiary/aromatic N) is 1. The number of hydrogen-bond donors (Lipinski definition) is 1. The maximum atomic E-state index is 13.4. The average molecular weight is 487 g/mol. The van der Waals surface area contributed by atoms with Gasteiger partial charge in [0.1, 0.15) is 5.75 Å². The van der Waals surface area contributed by atoms with Crippen LogP contribution in [0.2, 0.25) is 0 Å². The van der Waals surface area contributed by atoms with E-state index in [4.69, 9.17) is 4.74 Å². The Bertz CT molecular complexity index is 1470. The molecule has 1 amide bonds. The van der Waals surface area contributed by atoms with Crippen LogP contribution in [0.15, 0.2) is 102 Å². The molecule has 35 heavy (non-hydrogen) atoms. The van der Waals surface area contributed by atoms with E-state index in [1.54, 1.807) is 37.3 Å². The van der Waals surface area contributed by atoms with Crippen LogP contribution in [0, 0.1) is 6.92 Å². The van der Waals surface area contributed by atoms with Crippen molar-refractivity contribution in [1.82, 2.24) is 0 Å². The second kappa shape index (κ2) is 10.0. The van der Waals surface area contributed by atoms with Gasteiger partial charge in [0.25, 0.3) is 15.9 Å². The highest BCUT2D eigenvalue weighted by Gasteiger charge is 2.25. The zero-order valence-electron chi connectivity index (χ0n) is 19.7. The van der Waals surface area contributed by atoms with E-state index in [9.17, 15) is 13.2 Å². The first-order chi connectivity index (χ1) is 16.8. The number of ether oxygens (including phenoxy) is 1. The van der Waals surface area contributed by atoms with Gasteiger partial charge in [-0.05, 0) is 48.4 Å². The van der Waals surface area contributed by atoms with Crippen LogP contribution >= 0.6 is 0 Å². The molecule has 0 aliphatic carbocycles. The summed E-state index contributed by atoms with van der Waals surface area (Å²) in [5.41, 5.74) is 3.83. The van der Waals surface area contributed by atoms with Crippen LogP contribution in [0.1, 0.15) is 15.9 Å². The largest absolute Gasteiger partial charge is 0.495 e. The third-order valence-corrected chi connectivity index (χ3v) is 7.56. The van der Waals surface area contributed by atoms with Crippen molar-refractivity contribution < 1.29 is 17.9 Å². The van der Waals surface area contributed by atoms with Gasteiger partial charge in [0.05, 0.1) is 17.7 Å². The van der Waals surface area contributed by atoms with Crippen molar-refractivity contribution in [3.63, 3.8) is 0 Å². The fourth-order valence-corrected chi connectivity index (χ4v) is 5.07. The third-order valence-electron chi connectivity index (χ3n) is 5.80. The van der Waals surface area contributed by atoms with Crippen molar-refractivity contribution in [2.24, 2.45) is 0 Å². The molecule has 0 saturated heterocycles. The number of aryl methyl sites for hydroxylation is 1. The number of anilines is 2. The van der Waals surface area contributed by atoms with E-state index in [0.717, 1.165) is 15.4 Å². The van der Waals surface area contributed by atoms with E-state index in [0.29, 0.717) is 22.7 Å². The van der Waals surface area contributed by atoms with Gasteiger partial charge in [-0.1, -0.05) is 66.7 Å². The number of carbonyl (C=O) groups excluding carboxylic acids is 1. The molecule has 0 saturated carbocycles. The number of methoxy groups -OCH3 is 1. The van der Waals surface area contributed by atoms with E-state index in [1.807, 2.05) is 54.6 Å². The number of amides is 1. The monoisotopic (exact) mass is 486 g/mol. The predicted molar refractivity (Wildman–Crippen MR) is 140 cm³/mol. The Morgan fingerprint density at radius 1 is 0.857 bits per heavy atom. The molecule has 0 aromatic heterocycles. The van der Waals surface area contributed by atoms with Crippen molar-refractivity contribution in [1.29, 1.82) is 0 Å². The van der Waals surface area contributed by atoms with E-state index < -0.39 is 10.0 Å². The molecule has 178 valence electrons. The molecule has 1 N–H and O–H groups in total. The first-order valence-corrected chi connectivity index (χ1v) is 12.5. The highest BCUT2D eigenvalue weighted by atomic mass is 32.2. The molecule has 0 spiro atoms. The predicted octanol–water partition coefficient (Wildman–Crippen LogP) is 5.75. The Morgan fingerprint density at radius 2 is 1.51 bits per heavy atom. The van der Waals surface area contributed by atoms with Gasteiger partial charge >= 0.3 is 0 Å². The fourth-order valence-electron chi connectivity index (χ4n) is 3.83. The van der Waals surface area contributed by atoms with Crippen molar-refractivity contribution in [3.05, 3.63) is 108 Å². The van der Waals surface area contributed by atoms with Crippen LogP contribution in [0.25, 0.3) is 11.1 Å². The zero-order chi connectivity index (χ0) is 25.0. The molecule has 4 aromatic rings. The van der Waals surface area contributed by atoms with Crippen LogP contribution in [-0.2, 0) is 10.0 Å². The smallest absolute Gasteiger partial charge is 0.264 e. The van der Waals surface area contributed by atoms with Crippen LogP contribution in [0.5, 0.6) is 5.75 Å². The minimum atomic E-state index is -3.95. The molecule has 4 rings (SSSR count). The molecule has 0 heterocycles. The molecule has 0 aliphatic heterocycles. The second-order valence-corrected chi connectivity index (χ2v) is 9.96. The quantitative estimate of drug-likeness (QED) is 0.361. The maximum Gasteiger partial charge on any atom is 0.264 e. The lowest BCUT2D eigenvalue weighted by Gasteiger charge is -2.22. The first-order valence-electron chi connectivity index (χ1n) is 11.0. The molecule has 6 nitrogen and oxygen atoms in total. The van der Waals surface area contributed by atoms with E-state index >= 15 is 0 Å². The number of para-hydroxylation sites is 3. The molecule has 4 aromatic carbocycles. The SMILES string of the molecule is COc1ccccc1N(C)S(=O)(=O)c1ccc(C)c(C(=O)Nc2ccccc2-c2ccccc2)c1. The van der Waals surface area contributed by atoms with Gasteiger partial charge in [0, 0.05) is 23.9 Å². The Labute approximate surface area is 205 Å². The summed E-state index contributed by atoms with van der Waals surface area (Å²) in [7, 11) is -1.000. The van der Waals surface area contributed by atoms with E-state index in [1.165, 1.54) is 26.3 Å². The number of nitrogens with one attached hydrogen (secondary N) is 1. The topological polar surface area (TPSA) is 75.7 Å². The Hall–Kier alpha value is -4.10. The minimum Gasteiger partial charge on any atom is -0.495 e. The van der Waals surface area contributed by atoms with Crippen molar-refractivity contribution >= 4 is 27.3 Å². The molecule has 0 radical (unpaired) electrons. The number of hydrogen-bond acceptors (Lipinski definition) is 4. The number of benzene rings is 4. The lowest BCUT2D eigenvalue weighted by atomic mass is 10.0. The summed E-state index contributed by atoms with van der Waals surface area (Å²) in [5.74, 6) is 0.0454. The lowest BCUT2D eigenvalue weighted by Crippen LogP contribution is -2.27. The Balaban J connectivity index is 1.67. The highest BCUT2D eigenvalue weighted by molar-refractivity contribution is 7.92. The molecule has 0 bridgehead atoms. The number of carbonyl (C=O) groups is 1. The summed E-state index contributed by atoms with van der Waals surface area (Å²) in [4.78, 5) is 13.3. The minimum absolute atomic E-state index is 0.0120. The van der Waals surface area contributed by atoms with Crippen molar-refractivity contribution in [2.75, 3.05) is 23.8 Å². The van der Waals surface area contributed by atoms with Crippen molar-refractivity contribution in [2.45, 2.75) is 11.8 Å².